The number of carbonyl (C=O) groups is 1. The number of ether oxygens (including phenoxy) is 1. The van der Waals surface area contributed by atoms with Gasteiger partial charge >= 0.3 is 6.61 Å². The fraction of sp³-hybridized carbons (Fsp3) is 0.143. The van der Waals surface area contributed by atoms with E-state index in [1.807, 2.05) is 25.1 Å². The topological polar surface area (TPSA) is 56.2 Å². The molecule has 7 heteroatoms. The SMILES string of the molecule is Cc1cccc(Cn2ccc(NC(=O)/C=C\c3ccc(OC(F)F)cc3)n2)c1. The summed E-state index contributed by atoms with van der Waals surface area (Å²) in [5, 5.41) is 7.02. The van der Waals surface area contributed by atoms with E-state index in [0.29, 0.717) is 17.9 Å². The number of nitrogens with zero attached hydrogens (tertiary/aromatic N) is 2. The van der Waals surface area contributed by atoms with E-state index in [2.05, 4.69) is 21.2 Å². The predicted molar refractivity (Wildman–Crippen MR) is 103 cm³/mol. The Morgan fingerprint density at radius 1 is 1.21 bits per heavy atom. The Morgan fingerprint density at radius 2 is 2.00 bits per heavy atom. The number of benzene rings is 2. The normalized spacial score (nSPS) is 11.1. The number of alkyl halides is 2. The van der Waals surface area contributed by atoms with Crippen molar-refractivity contribution < 1.29 is 18.3 Å². The average molecular weight is 383 g/mol. The zero-order valence-electron chi connectivity index (χ0n) is 15.2. The van der Waals surface area contributed by atoms with E-state index < -0.39 is 6.61 Å². The van der Waals surface area contributed by atoms with Crippen molar-refractivity contribution in [3.8, 4) is 5.75 Å². The van der Waals surface area contributed by atoms with E-state index >= 15 is 0 Å². The van der Waals surface area contributed by atoms with Crippen molar-refractivity contribution in [2.45, 2.75) is 20.1 Å². The van der Waals surface area contributed by atoms with Gasteiger partial charge in [-0.15, -0.1) is 0 Å². The van der Waals surface area contributed by atoms with Crippen LogP contribution in [0, 0.1) is 6.92 Å². The molecule has 0 fully saturated rings. The fourth-order valence-corrected chi connectivity index (χ4v) is 2.61. The Bertz CT molecular complexity index is 966. The second kappa shape index (κ2) is 8.94. The van der Waals surface area contributed by atoms with Gasteiger partial charge in [-0.3, -0.25) is 9.48 Å². The highest BCUT2D eigenvalue weighted by molar-refractivity contribution is 6.01. The second-order valence-corrected chi connectivity index (χ2v) is 6.16. The molecule has 0 unspecified atom stereocenters. The molecule has 0 aliphatic rings. The Hall–Kier alpha value is -3.48. The van der Waals surface area contributed by atoms with Crippen molar-refractivity contribution in [3.05, 3.63) is 83.6 Å². The smallest absolute Gasteiger partial charge is 0.387 e. The van der Waals surface area contributed by atoms with Crippen LogP contribution in [-0.4, -0.2) is 22.3 Å². The lowest BCUT2D eigenvalue weighted by Crippen LogP contribution is -2.09. The molecule has 1 heterocycles. The first-order valence-electron chi connectivity index (χ1n) is 8.61. The lowest BCUT2D eigenvalue weighted by atomic mass is 10.1. The van der Waals surface area contributed by atoms with Crippen LogP contribution in [0.15, 0.2) is 66.9 Å². The molecule has 0 saturated heterocycles. The predicted octanol–water partition coefficient (Wildman–Crippen LogP) is 4.49. The van der Waals surface area contributed by atoms with Gasteiger partial charge in [-0.25, -0.2) is 0 Å². The molecular weight excluding hydrogens is 364 g/mol. The number of hydrogen-bond donors (Lipinski definition) is 1. The maximum atomic E-state index is 12.1. The maximum absolute atomic E-state index is 12.1. The summed E-state index contributed by atoms with van der Waals surface area (Å²) in [7, 11) is 0. The molecule has 0 spiro atoms. The first kappa shape index (κ1) is 19.3. The number of halogens is 2. The van der Waals surface area contributed by atoms with E-state index in [0.717, 1.165) is 5.56 Å². The fourth-order valence-electron chi connectivity index (χ4n) is 2.61. The first-order chi connectivity index (χ1) is 13.5. The lowest BCUT2D eigenvalue weighted by Gasteiger charge is -2.04. The zero-order chi connectivity index (χ0) is 19.9. The number of carbonyl (C=O) groups excluding carboxylic acids is 1. The highest BCUT2D eigenvalue weighted by Crippen LogP contribution is 2.15. The highest BCUT2D eigenvalue weighted by Gasteiger charge is 2.05. The Balaban J connectivity index is 1.55. The van der Waals surface area contributed by atoms with Crippen LogP contribution in [0.1, 0.15) is 16.7 Å². The minimum absolute atomic E-state index is 0.0655. The quantitative estimate of drug-likeness (QED) is 0.612. The summed E-state index contributed by atoms with van der Waals surface area (Å²) < 4.78 is 30.3. The Kier molecular flexibility index (Phi) is 6.16. The van der Waals surface area contributed by atoms with Crippen LogP contribution >= 0.6 is 0 Å². The summed E-state index contributed by atoms with van der Waals surface area (Å²) in [6.07, 6.45) is 4.72. The summed E-state index contributed by atoms with van der Waals surface area (Å²) in [4.78, 5) is 12.0. The Morgan fingerprint density at radius 3 is 2.71 bits per heavy atom. The molecule has 1 N–H and O–H groups in total. The summed E-state index contributed by atoms with van der Waals surface area (Å²) in [6.45, 7) is -0.220. The molecule has 0 aliphatic heterocycles. The monoisotopic (exact) mass is 383 g/mol. The van der Waals surface area contributed by atoms with Crippen molar-refractivity contribution >= 4 is 17.8 Å². The molecule has 1 aromatic heterocycles. The highest BCUT2D eigenvalue weighted by atomic mass is 19.3. The van der Waals surface area contributed by atoms with Gasteiger partial charge in [0, 0.05) is 18.3 Å². The van der Waals surface area contributed by atoms with E-state index in [-0.39, 0.29) is 11.7 Å². The van der Waals surface area contributed by atoms with Crippen LogP contribution in [0.5, 0.6) is 5.75 Å². The van der Waals surface area contributed by atoms with Crippen LogP contribution in [0.4, 0.5) is 14.6 Å². The zero-order valence-corrected chi connectivity index (χ0v) is 15.2. The number of rotatable bonds is 7. The molecule has 5 nitrogen and oxygen atoms in total. The molecule has 0 atom stereocenters. The molecule has 2 aromatic carbocycles. The molecular formula is C21H19F2N3O2. The summed E-state index contributed by atoms with van der Waals surface area (Å²) in [5.74, 6) is 0.174. The van der Waals surface area contributed by atoms with E-state index in [9.17, 15) is 13.6 Å². The number of nitrogens with one attached hydrogen (secondary N) is 1. The number of anilines is 1. The van der Waals surface area contributed by atoms with E-state index in [1.54, 1.807) is 35.2 Å². The number of aromatic nitrogens is 2. The van der Waals surface area contributed by atoms with Gasteiger partial charge in [0.25, 0.3) is 0 Å². The molecule has 3 rings (SSSR count). The van der Waals surface area contributed by atoms with Crippen molar-refractivity contribution in [1.29, 1.82) is 0 Å². The lowest BCUT2D eigenvalue weighted by molar-refractivity contribution is -0.111. The molecule has 0 radical (unpaired) electrons. The van der Waals surface area contributed by atoms with Gasteiger partial charge in [0.1, 0.15) is 5.75 Å². The van der Waals surface area contributed by atoms with E-state index in [1.165, 1.54) is 23.8 Å². The largest absolute Gasteiger partial charge is 0.435 e. The molecule has 144 valence electrons. The van der Waals surface area contributed by atoms with Crippen molar-refractivity contribution in [2.75, 3.05) is 5.32 Å². The minimum atomic E-state index is -2.86. The van der Waals surface area contributed by atoms with Crippen LogP contribution < -0.4 is 10.1 Å². The summed E-state index contributed by atoms with van der Waals surface area (Å²) >= 11 is 0. The van der Waals surface area contributed by atoms with E-state index in [4.69, 9.17) is 0 Å². The molecule has 0 bridgehead atoms. The van der Waals surface area contributed by atoms with Gasteiger partial charge in [-0.05, 0) is 36.3 Å². The third kappa shape index (κ3) is 5.77. The van der Waals surface area contributed by atoms with Gasteiger partial charge in [0.15, 0.2) is 5.82 Å². The van der Waals surface area contributed by atoms with Gasteiger partial charge < -0.3 is 10.1 Å². The molecule has 1 amide bonds. The number of aryl methyl sites for hydroxylation is 1. The van der Waals surface area contributed by atoms with Gasteiger partial charge in [-0.2, -0.15) is 13.9 Å². The summed E-state index contributed by atoms with van der Waals surface area (Å²) in [5.41, 5.74) is 2.99. The van der Waals surface area contributed by atoms with Crippen LogP contribution in [0.2, 0.25) is 0 Å². The summed E-state index contributed by atoms with van der Waals surface area (Å²) in [6, 6.07) is 15.8. The number of amides is 1. The molecule has 0 aliphatic carbocycles. The minimum Gasteiger partial charge on any atom is -0.435 e. The molecule has 3 aromatic rings. The third-order valence-corrected chi connectivity index (χ3v) is 3.85. The van der Waals surface area contributed by atoms with Gasteiger partial charge in [0.2, 0.25) is 5.91 Å². The number of hydrogen-bond acceptors (Lipinski definition) is 3. The van der Waals surface area contributed by atoms with Crippen LogP contribution in [-0.2, 0) is 11.3 Å². The first-order valence-corrected chi connectivity index (χ1v) is 8.61. The van der Waals surface area contributed by atoms with Crippen molar-refractivity contribution in [3.63, 3.8) is 0 Å². The average Bonchev–Trinajstić information content (AvgIpc) is 3.07. The molecule has 28 heavy (non-hydrogen) atoms. The van der Waals surface area contributed by atoms with Gasteiger partial charge in [0.05, 0.1) is 6.54 Å². The molecule has 0 saturated carbocycles. The maximum Gasteiger partial charge on any atom is 0.387 e. The third-order valence-electron chi connectivity index (χ3n) is 3.85. The van der Waals surface area contributed by atoms with Crippen LogP contribution in [0.3, 0.4) is 0 Å². The standard InChI is InChI=1S/C21H19F2N3O2/c1-15-3-2-4-17(13-15)14-26-12-11-19(25-26)24-20(27)10-7-16-5-8-18(9-6-16)28-21(22)23/h2-13,21H,14H2,1H3,(H,24,25,27)/b10-7-. The van der Waals surface area contributed by atoms with Crippen molar-refractivity contribution in [2.24, 2.45) is 0 Å². The second-order valence-electron chi connectivity index (χ2n) is 6.16. The van der Waals surface area contributed by atoms with Crippen LogP contribution in [0.25, 0.3) is 6.08 Å². The van der Waals surface area contributed by atoms with Crippen molar-refractivity contribution in [1.82, 2.24) is 9.78 Å². The Labute approximate surface area is 161 Å². The van der Waals surface area contributed by atoms with Gasteiger partial charge in [-0.1, -0.05) is 42.0 Å².